The zero-order valence-electron chi connectivity index (χ0n) is 9.67. The number of hydrogen-bond acceptors (Lipinski definition) is 2. The summed E-state index contributed by atoms with van der Waals surface area (Å²) in [6.45, 7) is 0. The average Bonchev–Trinajstić information content (AvgIpc) is 2.83. The van der Waals surface area contributed by atoms with E-state index >= 15 is 0 Å². The zero-order chi connectivity index (χ0) is 11.7. The molecule has 0 atom stereocenters. The van der Waals surface area contributed by atoms with Crippen LogP contribution in [0.25, 0.3) is 11.0 Å². The maximum absolute atomic E-state index is 13.8. The van der Waals surface area contributed by atoms with Gasteiger partial charge in [-0.3, -0.25) is 0 Å². The molecule has 0 aliphatic heterocycles. The number of halogens is 1. The Morgan fingerprint density at radius 2 is 2.12 bits per heavy atom. The fourth-order valence-electron chi connectivity index (χ4n) is 2.58. The molecule has 2 heterocycles. The lowest BCUT2D eigenvalue weighted by Gasteiger charge is -2.24. The van der Waals surface area contributed by atoms with Crippen LogP contribution in [0.5, 0.6) is 0 Å². The normalized spacial score (nSPS) is 17.5. The topological polar surface area (TPSA) is 40.7 Å². The van der Waals surface area contributed by atoms with Gasteiger partial charge < -0.3 is 10.3 Å². The molecule has 0 radical (unpaired) electrons. The molecule has 0 amide bonds. The van der Waals surface area contributed by atoms with Crippen molar-refractivity contribution in [2.24, 2.45) is 0 Å². The molecule has 90 valence electrons. The summed E-state index contributed by atoms with van der Waals surface area (Å²) < 4.78 is 13.8. The summed E-state index contributed by atoms with van der Waals surface area (Å²) in [5.41, 5.74) is 1.34. The van der Waals surface area contributed by atoms with Crippen LogP contribution in [0.2, 0.25) is 0 Å². The number of anilines is 1. The van der Waals surface area contributed by atoms with E-state index in [1.165, 1.54) is 25.5 Å². The Balaban J connectivity index is 1.92. The lowest BCUT2D eigenvalue weighted by Crippen LogP contribution is -2.23. The van der Waals surface area contributed by atoms with Crippen LogP contribution in [-0.2, 0) is 0 Å². The van der Waals surface area contributed by atoms with Gasteiger partial charge in [0.2, 0.25) is 0 Å². The van der Waals surface area contributed by atoms with Crippen LogP contribution in [0.1, 0.15) is 32.1 Å². The molecule has 1 aliphatic rings. The number of fused-ring (bicyclic) bond motifs is 1. The molecule has 2 aromatic rings. The first kappa shape index (κ1) is 10.6. The van der Waals surface area contributed by atoms with E-state index in [1.807, 2.05) is 6.07 Å². The Bertz CT molecular complexity index is 514. The van der Waals surface area contributed by atoms with Gasteiger partial charge in [0.05, 0.1) is 11.9 Å². The maximum Gasteiger partial charge on any atom is 0.165 e. The minimum absolute atomic E-state index is 0.261. The average molecular weight is 233 g/mol. The van der Waals surface area contributed by atoms with Gasteiger partial charge >= 0.3 is 0 Å². The standard InChI is InChI=1S/C13H16FN3/c14-11-8-16-13-10(6-7-15-13)12(11)17-9-4-2-1-3-5-9/h6-9H,1-5H2,(H2,15,16,17). The van der Waals surface area contributed by atoms with E-state index in [0.29, 0.717) is 11.7 Å². The highest BCUT2D eigenvalue weighted by molar-refractivity contribution is 5.89. The molecule has 1 fully saturated rings. The third kappa shape index (κ3) is 1.99. The lowest BCUT2D eigenvalue weighted by molar-refractivity contribution is 0.461. The van der Waals surface area contributed by atoms with E-state index in [9.17, 15) is 4.39 Å². The molecule has 3 rings (SSSR count). The Morgan fingerprint density at radius 3 is 2.94 bits per heavy atom. The van der Waals surface area contributed by atoms with Crippen molar-refractivity contribution in [2.45, 2.75) is 38.1 Å². The van der Waals surface area contributed by atoms with Crippen molar-refractivity contribution < 1.29 is 4.39 Å². The summed E-state index contributed by atoms with van der Waals surface area (Å²) in [5, 5.41) is 4.19. The first-order valence-electron chi connectivity index (χ1n) is 6.23. The predicted octanol–water partition coefficient (Wildman–Crippen LogP) is 3.45. The van der Waals surface area contributed by atoms with E-state index in [2.05, 4.69) is 15.3 Å². The van der Waals surface area contributed by atoms with Crippen LogP contribution in [0.4, 0.5) is 10.1 Å². The first-order valence-corrected chi connectivity index (χ1v) is 6.23. The van der Waals surface area contributed by atoms with Gasteiger partial charge in [-0.25, -0.2) is 9.37 Å². The smallest absolute Gasteiger partial charge is 0.165 e. The molecular weight excluding hydrogens is 217 g/mol. The van der Waals surface area contributed by atoms with Crippen molar-refractivity contribution in [1.29, 1.82) is 0 Å². The number of nitrogens with one attached hydrogen (secondary N) is 2. The van der Waals surface area contributed by atoms with E-state index in [-0.39, 0.29) is 5.82 Å². The minimum Gasteiger partial charge on any atom is -0.379 e. The molecule has 17 heavy (non-hydrogen) atoms. The molecule has 0 unspecified atom stereocenters. The van der Waals surface area contributed by atoms with Crippen LogP contribution in [0, 0.1) is 5.82 Å². The van der Waals surface area contributed by atoms with Gasteiger partial charge in [-0.2, -0.15) is 0 Å². The van der Waals surface area contributed by atoms with Gasteiger partial charge in [0.15, 0.2) is 5.82 Å². The molecule has 3 nitrogen and oxygen atoms in total. The zero-order valence-corrected chi connectivity index (χ0v) is 9.67. The van der Waals surface area contributed by atoms with Crippen molar-refractivity contribution in [3.05, 3.63) is 24.3 Å². The van der Waals surface area contributed by atoms with Crippen molar-refractivity contribution in [2.75, 3.05) is 5.32 Å². The van der Waals surface area contributed by atoms with E-state index < -0.39 is 0 Å². The molecule has 1 aliphatic carbocycles. The van der Waals surface area contributed by atoms with Crippen molar-refractivity contribution in [3.63, 3.8) is 0 Å². The monoisotopic (exact) mass is 233 g/mol. The molecule has 1 saturated carbocycles. The summed E-state index contributed by atoms with van der Waals surface area (Å²) in [6.07, 6.45) is 9.12. The second-order valence-electron chi connectivity index (χ2n) is 4.70. The Kier molecular flexibility index (Phi) is 2.71. The first-order chi connectivity index (χ1) is 8.34. The highest BCUT2D eigenvalue weighted by Gasteiger charge is 2.17. The van der Waals surface area contributed by atoms with Gasteiger partial charge in [0.25, 0.3) is 0 Å². The largest absolute Gasteiger partial charge is 0.379 e. The van der Waals surface area contributed by atoms with Gasteiger partial charge in [-0.05, 0) is 18.9 Å². The van der Waals surface area contributed by atoms with Crippen LogP contribution in [0.3, 0.4) is 0 Å². The van der Waals surface area contributed by atoms with E-state index in [1.54, 1.807) is 6.20 Å². The summed E-state index contributed by atoms with van der Waals surface area (Å²) in [5.74, 6) is -0.261. The van der Waals surface area contributed by atoms with Crippen molar-refractivity contribution >= 4 is 16.7 Å². The molecule has 0 saturated heterocycles. The van der Waals surface area contributed by atoms with Gasteiger partial charge in [0.1, 0.15) is 5.65 Å². The Hall–Kier alpha value is -1.58. The molecular formula is C13H16FN3. The highest BCUT2D eigenvalue weighted by Crippen LogP contribution is 2.28. The third-order valence-electron chi connectivity index (χ3n) is 3.49. The molecule has 0 spiro atoms. The fourth-order valence-corrected chi connectivity index (χ4v) is 2.58. The van der Waals surface area contributed by atoms with Crippen LogP contribution >= 0.6 is 0 Å². The SMILES string of the molecule is Fc1cnc2[nH]ccc2c1NC1CCCCC1. The quantitative estimate of drug-likeness (QED) is 0.834. The van der Waals surface area contributed by atoms with E-state index in [0.717, 1.165) is 23.9 Å². The summed E-state index contributed by atoms with van der Waals surface area (Å²) in [6, 6.07) is 2.27. The highest BCUT2D eigenvalue weighted by atomic mass is 19.1. The van der Waals surface area contributed by atoms with Gasteiger partial charge in [-0.1, -0.05) is 19.3 Å². The second kappa shape index (κ2) is 4.35. The molecule has 2 aromatic heterocycles. The summed E-state index contributed by atoms with van der Waals surface area (Å²) >= 11 is 0. The maximum atomic E-state index is 13.8. The minimum atomic E-state index is -0.261. The molecule has 4 heteroatoms. The number of nitrogens with zero attached hydrogens (tertiary/aromatic N) is 1. The Morgan fingerprint density at radius 1 is 1.29 bits per heavy atom. The van der Waals surface area contributed by atoms with Crippen molar-refractivity contribution in [1.82, 2.24) is 9.97 Å². The van der Waals surface area contributed by atoms with Crippen LogP contribution in [-0.4, -0.2) is 16.0 Å². The molecule has 0 aromatic carbocycles. The van der Waals surface area contributed by atoms with Crippen LogP contribution in [0.15, 0.2) is 18.5 Å². The Labute approximate surface area is 99.4 Å². The number of hydrogen-bond donors (Lipinski definition) is 2. The van der Waals surface area contributed by atoms with Crippen molar-refractivity contribution in [3.8, 4) is 0 Å². The van der Waals surface area contributed by atoms with Crippen LogP contribution < -0.4 is 5.32 Å². The molecule has 0 bridgehead atoms. The number of aromatic amines is 1. The third-order valence-corrected chi connectivity index (χ3v) is 3.49. The summed E-state index contributed by atoms with van der Waals surface area (Å²) in [7, 11) is 0. The lowest BCUT2D eigenvalue weighted by atomic mass is 9.95. The number of H-pyrrole nitrogens is 1. The predicted molar refractivity (Wildman–Crippen MR) is 66.5 cm³/mol. The summed E-state index contributed by atoms with van der Waals surface area (Å²) in [4.78, 5) is 7.03. The second-order valence-corrected chi connectivity index (χ2v) is 4.70. The van der Waals surface area contributed by atoms with E-state index in [4.69, 9.17) is 0 Å². The molecule has 2 N–H and O–H groups in total. The van der Waals surface area contributed by atoms with Gasteiger partial charge in [0, 0.05) is 17.6 Å². The van der Waals surface area contributed by atoms with Gasteiger partial charge in [-0.15, -0.1) is 0 Å². The number of aromatic nitrogens is 2. The number of rotatable bonds is 2. The fraction of sp³-hybridized carbons (Fsp3) is 0.462. The number of pyridine rings is 1.